The van der Waals surface area contributed by atoms with Crippen LogP contribution in [0.4, 0.5) is 18.9 Å². The summed E-state index contributed by atoms with van der Waals surface area (Å²) in [6, 6.07) is 21.3. The van der Waals surface area contributed by atoms with E-state index < -0.39 is 11.9 Å². The minimum atomic E-state index is -4.69. The number of benzene rings is 3. The van der Waals surface area contributed by atoms with Crippen molar-refractivity contribution >= 4 is 27.5 Å². The first-order chi connectivity index (χ1) is 18.8. The molecule has 9 heteroatoms. The number of halogens is 3. The Morgan fingerprint density at radius 2 is 1.77 bits per heavy atom. The average Bonchev–Trinajstić information content (AvgIpc) is 3.35. The highest BCUT2D eigenvalue weighted by molar-refractivity contribution is 5.99. The first-order valence-corrected chi connectivity index (χ1v) is 12.7. The molecule has 2 N–H and O–H groups in total. The molecule has 196 valence electrons. The van der Waals surface area contributed by atoms with Crippen LogP contribution in [0.15, 0.2) is 72.9 Å². The smallest absolute Gasteiger partial charge is 0.393 e. The summed E-state index contributed by atoms with van der Waals surface area (Å²) < 4.78 is 44.4. The van der Waals surface area contributed by atoms with Gasteiger partial charge in [0.15, 0.2) is 5.69 Å². The number of nitrogens with one attached hydrogen (secondary N) is 1. The molecule has 0 atom stereocenters. The van der Waals surface area contributed by atoms with Gasteiger partial charge >= 0.3 is 6.18 Å². The second-order valence-corrected chi connectivity index (χ2v) is 9.87. The lowest BCUT2D eigenvalue weighted by Crippen LogP contribution is -2.28. The maximum atomic E-state index is 14.4. The van der Waals surface area contributed by atoms with Gasteiger partial charge in [-0.25, -0.2) is 4.68 Å². The fourth-order valence-electron chi connectivity index (χ4n) is 5.34. The zero-order valence-electron chi connectivity index (χ0n) is 20.8. The summed E-state index contributed by atoms with van der Waals surface area (Å²) >= 11 is 0. The number of aromatic nitrogens is 3. The largest absolute Gasteiger partial charge is 0.435 e. The molecule has 0 aliphatic heterocycles. The number of alkyl halides is 3. The molecule has 3 aromatic carbocycles. The molecule has 0 bridgehead atoms. The lowest BCUT2D eigenvalue weighted by atomic mass is 9.93. The third-order valence-corrected chi connectivity index (χ3v) is 7.30. The zero-order valence-corrected chi connectivity index (χ0v) is 20.8. The third-order valence-electron chi connectivity index (χ3n) is 7.30. The van der Waals surface area contributed by atoms with Crippen LogP contribution in [-0.4, -0.2) is 32.0 Å². The Kier molecular flexibility index (Phi) is 6.20. The van der Waals surface area contributed by atoms with Crippen molar-refractivity contribution in [2.24, 2.45) is 0 Å². The Hall–Kier alpha value is -4.42. The Labute approximate surface area is 222 Å². The number of aliphatic hydroxyl groups is 1. The third kappa shape index (κ3) is 4.68. The summed E-state index contributed by atoms with van der Waals surface area (Å²) in [6.45, 7) is 0. The van der Waals surface area contributed by atoms with Gasteiger partial charge in [0.05, 0.1) is 34.1 Å². The molecule has 0 amide bonds. The number of hydrogen-bond donors (Lipinski definition) is 2. The Morgan fingerprint density at radius 3 is 2.54 bits per heavy atom. The molecule has 2 heterocycles. The van der Waals surface area contributed by atoms with Crippen molar-refractivity contribution in [1.29, 1.82) is 5.26 Å². The predicted octanol–water partition coefficient (Wildman–Crippen LogP) is 6.85. The highest BCUT2D eigenvalue weighted by Crippen LogP contribution is 2.40. The second kappa shape index (κ2) is 9.71. The maximum absolute atomic E-state index is 14.4. The molecule has 0 spiro atoms. The average molecular weight is 528 g/mol. The first kappa shape index (κ1) is 24.9. The van der Waals surface area contributed by atoms with E-state index in [4.69, 9.17) is 0 Å². The van der Waals surface area contributed by atoms with E-state index in [1.807, 2.05) is 30.3 Å². The summed E-state index contributed by atoms with van der Waals surface area (Å²) in [7, 11) is 0. The summed E-state index contributed by atoms with van der Waals surface area (Å²) in [5.74, 6) is 0. The molecule has 6 nitrogen and oxygen atoms in total. The molecular formula is C30H24F3N5O. The number of para-hydroxylation sites is 1. The number of pyridine rings is 1. The number of anilines is 1. The number of fused-ring (bicyclic) bond motifs is 2. The molecule has 1 aliphatic carbocycles. The van der Waals surface area contributed by atoms with E-state index in [1.165, 1.54) is 4.68 Å². The molecule has 0 radical (unpaired) electrons. The number of nitrogens with zero attached hydrogens (tertiary/aromatic N) is 4. The van der Waals surface area contributed by atoms with Crippen molar-refractivity contribution < 1.29 is 18.3 Å². The maximum Gasteiger partial charge on any atom is 0.435 e. The standard InChI is InChI=1S/C30H24F3N5O/c31-30(32,33)29-28-24(20-14-18-4-1-2-6-25(18)35-17-20)5-3-7-27(28)38(37-29)22-11-8-19(16-34)26(15-22)36-21-9-12-23(39)13-10-21/h1-8,11,14-15,17,21,23,36,39H,9-10,12-13H2/t21-,23-. The number of hydrogen-bond acceptors (Lipinski definition) is 5. The van der Waals surface area contributed by atoms with Gasteiger partial charge in [0, 0.05) is 28.6 Å². The molecule has 0 saturated heterocycles. The summed E-state index contributed by atoms with van der Waals surface area (Å²) in [6.07, 6.45) is -0.646. The molecule has 2 aromatic heterocycles. The van der Waals surface area contributed by atoms with Crippen molar-refractivity contribution in [1.82, 2.24) is 14.8 Å². The van der Waals surface area contributed by atoms with Crippen LogP contribution in [0.2, 0.25) is 0 Å². The number of rotatable bonds is 4. The van der Waals surface area contributed by atoms with Crippen molar-refractivity contribution in [2.75, 3.05) is 5.32 Å². The fraction of sp³-hybridized carbons (Fsp3) is 0.233. The van der Waals surface area contributed by atoms with Crippen LogP contribution < -0.4 is 5.32 Å². The van der Waals surface area contributed by atoms with Gasteiger partial charge in [0.2, 0.25) is 0 Å². The number of nitriles is 1. The highest BCUT2D eigenvalue weighted by atomic mass is 19.4. The van der Waals surface area contributed by atoms with Gasteiger partial charge in [-0.1, -0.05) is 30.3 Å². The van der Waals surface area contributed by atoms with Crippen molar-refractivity contribution in [2.45, 2.75) is 44.0 Å². The fourth-order valence-corrected chi connectivity index (χ4v) is 5.34. The Bertz CT molecular complexity index is 1730. The lowest BCUT2D eigenvalue weighted by Gasteiger charge is -2.27. The predicted molar refractivity (Wildman–Crippen MR) is 143 cm³/mol. The Morgan fingerprint density at radius 1 is 0.974 bits per heavy atom. The lowest BCUT2D eigenvalue weighted by molar-refractivity contribution is -0.140. The van der Waals surface area contributed by atoms with Crippen LogP contribution >= 0.6 is 0 Å². The molecule has 1 fully saturated rings. The second-order valence-electron chi connectivity index (χ2n) is 9.87. The van der Waals surface area contributed by atoms with Crippen LogP contribution in [0.5, 0.6) is 0 Å². The van der Waals surface area contributed by atoms with Gasteiger partial charge in [0.1, 0.15) is 6.07 Å². The van der Waals surface area contributed by atoms with Gasteiger partial charge in [-0.05, 0) is 67.6 Å². The van der Waals surface area contributed by atoms with Gasteiger partial charge in [-0.2, -0.15) is 23.5 Å². The van der Waals surface area contributed by atoms with Crippen molar-refractivity contribution in [3.8, 4) is 22.9 Å². The molecule has 6 rings (SSSR count). The normalized spacial score (nSPS) is 17.8. The first-order valence-electron chi connectivity index (χ1n) is 12.7. The van der Waals surface area contributed by atoms with Crippen LogP contribution in [-0.2, 0) is 6.18 Å². The molecular weight excluding hydrogens is 503 g/mol. The minimum Gasteiger partial charge on any atom is -0.393 e. The highest BCUT2D eigenvalue weighted by Gasteiger charge is 2.38. The summed E-state index contributed by atoms with van der Waals surface area (Å²) in [5, 5.41) is 27.7. The van der Waals surface area contributed by atoms with E-state index in [2.05, 4.69) is 21.5 Å². The number of aliphatic hydroxyl groups excluding tert-OH is 1. The molecule has 0 unspecified atom stereocenters. The quantitative estimate of drug-likeness (QED) is 0.267. The zero-order chi connectivity index (χ0) is 27.1. The molecule has 5 aromatic rings. The Balaban J connectivity index is 1.50. The topological polar surface area (TPSA) is 86.8 Å². The summed E-state index contributed by atoms with van der Waals surface area (Å²) in [4.78, 5) is 4.45. The van der Waals surface area contributed by atoms with E-state index in [1.54, 1.807) is 42.6 Å². The summed E-state index contributed by atoms with van der Waals surface area (Å²) in [5.41, 5.74) is 2.34. The van der Waals surface area contributed by atoms with Gasteiger partial charge in [-0.15, -0.1) is 0 Å². The monoisotopic (exact) mass is 527 g/mol. The van der Waals surface area contributed by atoms with E-state index in [0.717, 1.165) is 23.7 Å². The van der Waals surface area contributed by atoms with E-state index in [-0.39, 0.29) is 17.5 Å². The molecule has 1 saturated carbocycles. The van der Waals surface area contributed by atoms with Crippen LogP contribution in [0.1, 0.15) is 36.9 Å². The van der Waals surface area contributed by atoms with Crippen LogP contribution in [0.25, 0.3) is 38.6 Å². The minimum absolute atomic E-state index is 0.0118. The van der Waals surface area contributed by atoms with E-state index in [0.29, 0.717) is 46.4 Å². The van der Waals surface area contributed by atoms with E-state index in [9.17, 15) is 23.5 Å². The van der Waals surface area contributed by atoms with Crippen LogP contribution in [0.3, 0.4) is 0 Å². The van der Waals surface area contributed by atoms with Crippen LogP contribution in [0, 0.1) is 11.3 Å². The molecule has 1 aliphatic rings. The van der Waals surface area contributed by atoms with Gasteiger partial charge in [0.25, 0.3) is 0 Å². The molecule has 39 heavy (non-hydrogen) atoms. The van der Waals surface area contributed by atoms with Crippen molar-refractivity contribution in [3.63, 3.8) is 0 Å². The SMILES string of the molecule is N#Cc1ccc(-n2nc(C(F)(F)F)c3c(-c4cnc5ccccc5c4)cccc32)cc1N[C@H]1CC[C@H](O)CC1. The van der Waals surface area contributed by atoms with Gasteiger partial charge in [-0.3, -0.25) is 4.98 Å². The van der Waals surface area contributed by atoms with Gasteiger partial charge < -0.3 is 10.4 Å². The van der Waals surface area contributed by atoms with Crippen molar-refractivity contribution in [3.05, 3.63) is 84.2 Å². The van der Waals surface area contributed by atoms with E-state index >= 15 is 0 Å².